The number of amides is 3. The van der Waals surface area contributed by atoms with Crippen molar-refractivity contribution in [2.24, 2.45) is 0 Å². The predicted molar refractivity (Wildman–Crippen MR) is 92.4 cm³/mol. The summed E-state index contributed by atoms with van der Waals surface area (Å²) < 4.78 is 32.0. The fourth-order valence-electron chi connectivity index (χ4n) is 2.64. The lowest BCUT2D eigenvalue weighted by Gasteiger charge is -2.17. The Morgan fingerprint density at radius 1 is 1.00 bits per heavy atom. The summed E-state index contributed by atoms with van der Waals surface area (Å²) in [4.78, 5) is 49.2. The predicted octanol–water partition coefficient (Wildman–Crippen LogP) is 2.13. The van der Waals surface area contributed by atoms with Gasteiger partial charge in [-0.2, -0.15) is 0 Å². The van der Waals surface area contributed by atoms with Gasteiger partial charge in [-0.3, -0.25) is 24.1 Å². The smallest absolute Gasteiger partial charge is 0.326 e. The maximum atomic E-state index is 13.6. The number of esters is 1. The minimum Gasteiger partial charge on any atom is -0.451 e. The van der Waals surface area contributed by atoms with Gasteiger partial charge in [-0.1, -0.05) is 18.2 Å². The molecule has 0 aromatic heterocycles. The summed E-state index contributed by atoms with van der Waals surface area (Å²) in [5, 5.41) is 2.00. The first-order valence-electron chi connectivity index (χ1n) is 8.19. The molecule has 1 aliphatic rings. The normalized spacial score (nSPS) is 13.9. The number of imide groups is 1. The molecule has 9 heteroatoms. The lowest BCUT2D eigenvalue weighted by atomic mass is 10.1. The van der Waals surface area contributed by atoms with Gasteiger partial charge in [0.15, 0.2) is 6.10 Å². The van der Waals surface area contributed by atoms with Crippen LogP contribution in [-0.2, 0) is 14.3 Å². The number of hydrogen-bond donors (Lipinski definition) is 1. The van der Waals surface area contributed by atoms with Crippen LogP contribution in [0.2, 0.25) is 0 Å². The minimum absolute atomic E-state index is 0.168. The first kappa shape index (κ1) is 19.2. The second-order valence-electron chi connectivity index (χ2n) is 5.96. The van der Waals surface area contributed by atoms with Crippen LogP contribution in [0.3, 0.4) is 0 Å². The van der Waals surface area contributed by atoms with Crippen LogP contribution in [-0.4, -0.2) is 41.2 Å². The van der Waals surface area contributed by atoms with E-state index in [1.165, 1.54) is 19.1 Å². The molecular weight excluding hydrogens is 374 g/mol. The van der Waals surface area contributed by atoms with Gasteiger partial charge in [-0.15, -0.1) is 0 Å². The summed E-state index contributed by atoms with van der Waals surface area (Å²) in [5.41, 5.74) is -0.335. The number of ether oxygens (including phenoxy) is 1. The molecule has 2 aromatic carbocycles. The van der Waals surface area contributed by atoms with Crippen molar-refractivity contribution in [2.75, 3.05) is 11.9 Å². The number of nitrogens with zero attached hydrogens (tertiary/aromatic N) is 1. The molecule has 0 aliphatic carbocycles. The Labute approximate surface area is 157 Å². The highest BCUT2D eigenvalue weighted by Gasteiger charge is 2.37. The molecule has 0 fully saturated rings. The molecule has 0 spiro atoms. The van der Waals surface area contributed by atoms with Gasteiger partial charge in [0.25, 0.3) is 17.7 Å². The van der Waals surface area contributed by atoms with E-state index >= 15 is 0 Å². The zero-order chi connectivity index (χ0) is 20.4. The number of para-hydroxylation sites is 1. The van der Waals surface area contributed by atoms with Gasteiger partial charge in [-0.25, -0.2) is 8.78 Å². The van der Waals surface area contributed by atoms with Crippen molar-refractivity contribution < 1.29 is 32.7 Å². The molecule has 3 rings (SSSR count). The third kappa shape index (κ3) is 3.59. The van der Waals surface area contributed by atoms with Crippen LogP contribution in [0.4, 0.5) is 14.5 Å². The molecule has 3 amide bonds. The fourth-order valence-corrected chi connectivity index (χ4v) is 2.64. The molecule has 1 heterocycles. The molecular formula is C19H14F2N2O5. The SMILES string of the molecule is CC(OC(=O)CN1C(=O)c2ccccc2C1=O)C(=O)Nc1c(F)cccc1F. The van der Waals surface area contributed by atoms with Gasteiger partial charge < -0.3 is 10.1 Å². The molecule has 28 heavy (non-hydrogen) atoms. The van der Waals surface area contributed by atoms with Crippen molar-refractivity contribution in [1.82, 2.24) is 4.90 Å². The van der Waals surface area contributed by atoms with Crippen LogP contribution in [0.15, 0.2) is 42.5 Å². The molecule has 1 unspecified atom stereocenters. The van der Waals surface area contributed by atoms with E-state index in [2.05, 4.69) is 0 Å². The highest BCUT2D eigenvalue weighted by atomic mass is 19.1. The van der Waals surface area contributed by atoms with Crippen LogP contribution >= 0.6 is 0 Å². The molecule has 1 atom stereocenters. The largest absolute Gasteiger partial charge is 0.451 e. The average Bonchev–Trinajstić information content (AvgIpc) is 2.90. The molecule has 0 saturated carbocycles. The van der Waals surface area contributed by atoms with E-state index in [1.807, 2.05) is 5.32 Å². The Balaban J connectivity index is 1.61. The van der Waals surface area contributed by atoms with E-state index in [0.29, 0.717) is 4.90 Å². The van der Waals surface area contributed by atoms with E-state index < -0.39 is 53.7 Å². The van der Waals surface area contributed by atoms with Crippen LogP contribution in [0, 0.1) is 11.6 Å². The van der Waals surface area contributed by atoms with Gasteiger partial charge in [0.1, 0.15) is 23.9 Å². The van der Waals surface area contributed by atoms with Gasteiger partial charge in [-0.05, 0) is 31.2 Å². The van der Waals surface area contributed by atoms with Gasteiger partial charge in [0.2, 0.25) is 0 Å². The summed E-state index contributed by atoms with van der Waals surface area (Å²) >= 11 is 0. The Kier molecular flexibility index (Phi) is 5.16. The summed E-state index contributed by atoms with van der Waals surface area (Å²) in [7, 11) is 0. The topological polar surface area (TPSA) is 92.8 Å². The summed E-state index contributed by atoms with van der Waals surface area (Å²) in [6.45, 7) is 0.492. The molecule has 0 saturated heterocycles. The number of carbonyl (C=O) groups excluding carboxylic acids is 4. The first-order valence-corrected chi connectivity index (χ1v) is 8.19. The maximum Gasteiger partial charge on any atom is 0.326 e. The van der Waals surface area contributed by atoms with E-state index in [-0.39, 0.29) is 11.1 Å². The number of carbonyl (C=O) groups is 4. The van der Waals surface area contributed by atoms with Gasteiger partial charge in [0, 0.05) is 0 Å². The van der Waals surface area contributed by atoms with E-state index in [9.17, 15) is 28.0 Å². The van der Waals surface area contributed by atoms with Crippen molar-refractivity contribution in [3.8, 4) is 0 Å². The third-order valence-corrected chi connectivity index (χ3v) is 4.05. The first-order chi connectivity index (χ1) is 13.3. The zero-order valence-corrected chi connectivity index (χ0v) is 14.6. The fraction of sp³-hybridized carbons (Fsp3) is 0.158. The van der Waals surface area contributed by atoms with Gasteiger partial charge >= 0.3 is 5.97 Å². The number of halogens is 2. The van der Waals surface area contributed by atoms with Gasteiger partial charge in [0.05, 0.1) is 11.1 Å². The van der Waals surface area contributed by atoms with Crippen molar-refractivity contribution in [3.63, 3.8) is 0 Å². The highest BCUT2D eigenvalue weighted by molar-refractivity contribution is 6.22. The highest BCUT2D eigenvalue weighted by Crippen LogP contribution is 2.22. The monoisotopic (exact) mass is 388 g/mol. The van der Waals surface area contributed by atoms with Crippen molar-refractivity contribution in [2.45, 2.75) is 13.0 Å². The van der Waals surface area contributed by atoms with E-state index in [1.54, 1.807) is 12.1 Å². The molecule has 1 aliphatic heterocycles. The number of benzene rings is 2. The summed E-state index contributed by atoms with van der Waals surface area (Å²) in [6, 6.07) is 9.13. The van der Waals surface area contributed by atoms with Crippen molar-refractivity contribution in [1.29, 1.82) is 0 Å². The number of hydrogen-bond acceptors (Lipinski definition) is 5. The molecule has 7 nitrogen and oxygen atoms in total. The quantitative estimate of drug-likeness (QED) is 0.626. The standard InChI is InChI=1S/C19H14F2N2O5/c1-10(17(25)22-16-13(20)7-4-8-14(16)21)28-15(24)9-23-18(26)11-5-2-3-6-12(11)19(23)27/h2-8,10H,9H2,1H3,(H,22,25). The van der Waals surface area contributed by atoms with Crippen LogP contribution < -0.4 is 5.32 Å². The number of anilines is 1. The molecule has 0 radical (unpaired) electrons. The molecule has 1 N–H and O–H groups in total. The van der Waals surface area contributed by atoms with Crippen LogP contribution in [0.1, 0.15) is 27.6 Å². The van der Waals surface area contributed by atoms with Crippen molar-refractivity contribution >= 4 is 29.4 Å². The van der Waals surface area contributed by atoms with Crippen molar-refractivity contribution in [3.05, 3.63) is 65.2 Å². The number of nitrogens with one attached hydrogen (secondary N) is 1. The lowest BCUT2D eigenvalue weighted by molar-refractivity contribution is -0.153. The second-order valence-corrected chi connectivity index (χ2v) is 5.96. The van der Waals surface area contributed by atoms with Crippen LogP contribution in [0.25, 0.3) is 0 Å². The number of rotatable bonds is 5. The minimum atomic E-state index is -1.42. The Bertz CT molecular complexity index is 937. The molecule has 2 aromatic rings. The zero-order valence-electron chi connectivity index (χ0n) is 14.6. The lowest BCUT2D eigenvalue weighted by Crippen LogP contribution is -2.38. The summed E-state index contributed by atoms with van der Waals surface area (Å²) in [6.07, 6.45) is -1.42. The number of fused-ring (bicyclic) bond motifs is 1. The molecule has 144 valence electrons. The second kappa shape index (κ2) is 7.55. The Morgan fingerprint density at radius 3 is 2.07 bits per heavy atom. The summed E-state index contributed by atoms with van der Waals surface area (Å²) in [5.74, 6) is -5.27. The van der Waals surface area contributed by atoms with E-state index in [0.717, 1.165) is 18.2 Å². The van der Waals surface area contributed by atoms with E-state index in [4.69, 9.17) is 4.74 Å². The Morgan fingerprint density at radius 2 is 1.54 bits per heavy atom. The molecule has 0 bridgehead atoms. The Hall–Kier alpha value is -3.62. The average molecular weight is 388 g/mol. The van der Waals surface area contributed by atoms with Crippen LogP contribution in [0.5, 0.6) is 0 Å². The third-order valence-electron chi connectivity index (χ3n) is 4.05. The maximum absolute atomic E-state index is 13.6.